The van der Waals surface area contributed by atoms with E-state index in [2.05, 4.69) is 21.2 Å². The number of rotatable bonds is 3. The van der Waals surface area contributed by atoms with E-state index >= 15 is 0 Å². The Bertz CT molecular complexity index is 827. The summed E-state index contributed by atoms with van der Waals surface area (Å²) in [6, 6.07) is 13.4. The number of piperidine rings is 1. The number of halogens is 1. The lowest BCUT2D eigenvalue weighted by Gasteiger charge is -2.31. The van der Waals surface area contributed by atoms with E-state index in [0.29, 0.717) is 25.9 Å². The highest BCUT2D eigenvalue weighted by atomic mass is 79.9. The molecule has 136 valence electrons. The number of hydrogen-bond donors (Lipinski definition) is 1. The number of benzene rings is 2. The standard InChI is InChI=1S/C21H23BrN2O2/c1-14-5-3-4-6-18(14)21(26)24-11-9-16(10-12-24)20(25)23-17-7-8-19(22)15(2)13-17/h3-8,13,16H,9-12H2,1-2H3,(H,23,25). The Kier molecular flexibility index (Phi) is 5.77. The average Bonchev–Trinajstić information content (AvgIpc) is 2.65. The molecule has 2 amide bonds. The van der Waals surface area contributed by atoms with Crippen LogP contribution in [0.5, 0.6) is 0 Å². The molecule has 2 aromatic carbocycles. The van der Waals surface area contributed by atoms with Gasteiger partial charge in [-0.3, -0.25) is 9.59 Å². The average molecular weight is 415 g/mol. The molecule has 0 atom stereocenters. The molecular formula is C21H23BrN2O2. The van der Waals surface area contributed by atoms with E-state index in [-0.39, 0.29) is 17.7 Å². The first kappa shape index (κ1) is 18.6. The van der Waals surface area contributed by atoms with E-state index in [0.717, 1.165) is 26.9 Å². The molecule has 1 saturated heterocycles. The van der Waals surface area contributed by atoms with Crippen molar-refractivity contribution in [3.63, 3.8) is 0 Å². The van der Waals surface area contributed by atoms with Crippen molar-refractivity contribution in [3.05, 3.63) is 63.6 Å². The van der Waals surface area contributed by atoms with E-state index in [4.69, 9.17) is 0 Å². The van der Waals surface area contributed by atoms with Gasteiger partial charge in [-0.1, -0.05) is 34.1 Å². The third-order valence-corrected chi connectivity index (χ3v) is 5.84. The Morgan fingerprint density at radius 2 is 1.73 bits per heavy atom. The highest BCUT2D eigenvalue weighted by Crippen LogP contribution is 2.24. The largest absolute Gasteiger partial charge is 0.339 e. The van der Waals surface area contributed by atoms with Crippen molar-refractivity contribution in [3.8, 4) is 0 Å². The minimum Gasteiger partial charge on any atom is -0.339 e. The maximum atomic E-state index is 12.7. The predicted molar refractivity (Wildman–Crippen MR) is 107 cm³/mol. The van der Waals surface area contributed by atoms with E-state index in [1.165, 1.54) is 0 Å². The molecule has 3 rings (SSSR count). The van der Waals surface area contributed by atoms with Gasteiger partial charge in [0.05, 0.1) is 0 Å². The second kappa shape index (κ2) is 8.04. The lowest BCUT2D eigenvalue weighted by molar-refractivity contribution is -0.121. The van der Waals surface area contributed by atoms with Crippen LogP contribution in [-0.4, -0.2) is 29.8 Å². The summed E-state index contributed by atoms with van der Waals surface area (Å²) in [6.45, 7) is 5.18. The van der Waals surface area contributed by atoms with Crippen LogP contribution in [0.3, 0.4) is 0 Å². The minimum atomic E-state index is -0.0557. The summed E-state index contributed by atoms with van der Waals surface area (Å²) in [7, 11) is 0. The van der Waals surface area contributed by atoms with Crippen molar-refractivity contribution in [1.29, 1.82) is 0 Å². The van der Waals surface area contributed by atoms with E-state index < -0.39 is 0 Å². The monoisotopic (exact) mass is 414 g/mol. The first-order valence-corrected chi connectivity index (χ1v) is 9.67. The van der Waals surface area contributed by atoms with Crippen LogP contribution in [0.2, 0.25) is 0 Å². The van der Waals surface area contributed by atoms with Gasteiger partial charge in [0.1, 0.15) is 0 Å². The van der Waals surface area contributed by atoms with Crippen LogP contribution in [-0.2, 0) is 4.79 Å². The number of hydrogen-bond acceptors (Lipinski definition) is 2. The van der Waals surface area contributed by atoms with Gasteiger partial charge in [0.25, 0.3) is 5.91 Å². The third-order valence-electron chi connectivity index (χ3n) is 4.95. The number of nitrogens with zero attached hydrogens (tertiary/aromatic N) is 1. The molecule has 26 heavy (non-hydrogen) atoms. The van der Waals surface area contributed by atoms with Crippen molar-refractivity contribution in [1.82, 2.24) is 4.90 Å². The lowest BCUT2D eigenvalue weighted by Crippen LogP contribution is -2.41. The van der Waals surface area contributed by atoms with Gasteiger partial charge < -0.3 is 10.2 Å². The minimum absolute atomic E-state index is 0.0368. The SMILES string of the molecule is Cc1cc(NC(=O)C2CCN(C(=O)c3ccccc3C)CC2)ccc1Br. The Labute approximate surface area is 162 Å². The summed E-state index contributed by atoms with van der Waals surface area (Å²) in [5.41, 5.74) is 3.64. The van der Waals surface area contributed by atoms with Gasteiger partial charge in [0.2, 0.25) is 5.91 Å². The Morgan fingerprint density at radius 3 is 2.38 bits per heavy atom. The summed E-state index contributed by atoms with van der Waals surface area (Å²) < 4.78 is 1.03. The highest BCUT2D eigenvalue weighted by molar-refractivity contribution is 9.10. The topological polar surface area (TPSA) is 49.4 Å². The Hall–Kier alpha value is -2.14. The van der Waals surface area contributed by atoms with Crippen molar-refractivity contribution in [2.24, 2.45) is 5.92 Å². The summed E-state index contributed by atoms with van der Waals surface area (Å²) in [6.07, 6.45) is 1.39. The molecule has 0 saturated carbocycles. The molecule has 0 aromatic heterocycles. The van der Waals surface area contributed by atoms with Gasteiger partial charge in [-0.2, -0.15) is 0 Å². The summed E-state index contributed by atoms with van der Waals surface area (Å²) in [4.78, 5) is 27.1. The Morgan fingerprint density at radius 1 is 1.04 bits per heavy atom. The van der Waals surface area contributed by atoms with Crippen molar-refractivity contribution in [2.75, 3.05) is 18.4 Å². The van der Waals surface area contributed by atoms with Gasteiger partial charge in [-0.15, -0.1) is 0 Å². The van der Waals surface area contributed by atoms with Gasteiger partial charge in [-0.05, 0) is 62.1 Å². The summed E-state index contributed by atoms with van der Waals surface area (Å²) in [5.74, 6) is 0.0417. The van der Waals surface area contributed by atoms with Crippen LogP contribution >= 0.6 is 15.9 Å². The number of aryl methyl sites for hydroxylation is 2. The smallest absolute Gasteiger partial charge is 0.254 e. The van der Waals surface area contributed by atoms with E-state index in [1.807, 2.05) is 61.2 Å². The molecular weight excluding hydrogens is 392 g/mol. The van der Waals surface area contributed by atoms with Crippen LogP contribution < -0.4 is 5.32 Å². The number of amides is 2. The zero-order valence-corrected chi connectivity index (χ0v) is 16.7. The predicted octanol–water partition coefficient (Wildman–Crippen LogP) is 4.56. The van der Waals surface area contributed by atoms with Gasteiger partial charge in [0, 0.05) is 34.7 Å². The molecule has 4 nitrogen and oxygen atoms in total. The zero-order valence-electron chi connectivity index (χ0n) is 15.1. The molecule has 5 heteroatoms. The van der Waals surface area contributed by atoms with Crippen LogP contribution in [0.15, 0.2) is 46.9 Å². The first-order valence-electron chi connectivity index (χ1n) is 8.87. The molecule has 1 aliphatic rings. The second-order valence-corrected chi connectivity index (χ2v) is 7.69. The molecule has 1 N–H and O–H groups in total. The van der Waals surface area contributed by atoms with Crippen molar-refractivity contribution >= 4 is 33.4 Å². The quantitative estimate of drug-likeness (QED) is 0.799. The molecule has 1 fully saturated rings. The molecule has 0 spiro atoms. The normalized spacial score (nSPS) is 15.0. The maximum Gasteiger partial charge on any atom is 0.254 e. The fourth-order valence-corrected chi connectivity index (χ4v) is 3.54. The molecule has 1 aliphatic heterocycles. The number of anilines is 1. The van der Waals surface area contributed by atoms with Crippen molar-refractivity contribution in [2.45, 2.75) is 26.7 Å². The zero-order chi connectivity index (χ0) is 18.7. The van der Waals surface area contributed by atoms with Gasteiger partial charge in [-0.25, -0.2) is 0 Å². The molecule has 0 unspecified atom stereocenters. The molecule has 0 bridgehead atoms. The molecule has 1 heterocycles. The van der Waals surface area contributed by atoms with E-state index in [1.54, 1.807) is 0 Å². The van der Waals surface area contributed by atoms with Crippen LogP contribution in [0, 0.1) is 19.8 Å². The number of carbonyl (C=O) groups is 2. The van der Waals surface area contributed by atoms with Crippen LogP contribution in [0.4, 0.5) is 5.69 Å². The first-order chi connectivity index (χ1) is 12.5. The Balaban J connectivity index is 1.57. The maximum absolute atomic E-state index is 12.7. The van der Waals surface area contributed by atoms with Crippen LogP contribution in [0.25, 0.3) is 0 Å². The summed E-state index contributed by atoms with van der Waals surface area (Å²) >= 11 is 3.47. The lowest BCUT2D eigenvalue weighted by atomic mass is 9.95. The molecule has 2 aromatic rings. The van der Waals surface area contributed by atoms with Crippen LogP contribution in [0.1, 0.15) is 34.3 Å². The van der Waals surface area contributed by atoms with Gasteiger partial charge in [0.15, 0.2) is 0 Å². The fourth-order valence-electron chi connectivity index (χ4n) is 3.29. The number of nitrogens with one attached hydrogen (secondary N) is 1. The second-order valence-electron chi connectivity index (χ2n) is 6.83. The van der Waals surface area contributed by atoms with E-state index in [9.17, 15) is 9.59 Å². The number of carbonyl (C=O) groups excluding carboxylic acids is 2. The third kappa shape index (κ3) is 4.15. The van der Waals surface area contributed by atoms with Gasteiger partial charge >= 0.3 is 0 Å². The van der Waals surface area contributed by atoms with Crippen molar-refractivity contribution < 1.29 is 9.59 Å². The summed E-state index contributed by atoms with van der Waals surface area (Å²) in [5, 5.41) is 3.00. The molecule has 0 aliphatic carbocycles. The molecule has 0 radical (unpaired) electrons. The fraction of sp³-hybridized carbons (Fsp3) is 0.333. The number of likely N-dealkylation sites (tertiary alicyclic amines) is 1. The highest BCUT2D eigenvalue weighted by Gasteiger charge is 2.28.